The zero-order chi connectivity index (χ0) is 22.0. The van der Waals surface area contributed by atoms with Gasteiger partial charge in [0, 0.05) is 6.42 Å². The lowest BCUT2D eigenvalue weighted by Gasteiger charge is -2.59. The lowest BCUT2D eigenvalue weighted by atomic mass is 9.52. The molecule has 0 saturated heterocycles. The van der Waals surface area contributed by atoms with Gasteiger partial charge in [0.1, 0.15) is 12.2 Å². The minimum atomic E-state index is -0.489. The Morgan fingerprint density at radius 1 is 0.625 bits per heavy atom. The second-order valence-corrected chi connectivity index (χ2v) is 11.1. The molecule has 2 amide bonds. The zero-order valence-electron chi connectivity index (χ0n) is 19.1. The molecule has 32 heavy (non-hydrogen) atoms. The highest BCUT2D eigenvalue weighted by atomic mass is 16.7. The van der Waals surface area contributed by atoms with Gasteiger partial charge in [0.2, 0.25) is 0 Å². The quantitative estimate of drug-likeness (QED) is 0.549. The Kier molecular flexibility index (Phi) is 6.52. The van der Waals surface area contributed by atoms with Gasteiger partial charge in [0.25, 0.3) is 0 Å². The van der Waals surface area contributed by atoms with E-state index in [1.54, 1.807) is 0 Å². The molecule has 180 valence electrons. The second-order valence-electron chi connectivity index (χ2n) is 11.1. The molecule has 6 fully saturated rings. The van der Waals surface area contributed by atoms with Gasteiger partial charge >= 0.3 is 12.2 Å². The third-order valence-corrected chi connectivity index (χ3v) is 8.31. The Bertz CT molecular complexity index is 620. The summed E-state index contributed by atoms with van der Waals surface area (Å²) in [6.07, 6.45) is 15.1. The number of hydrogen-bond acceptors (Lipinski definition) is 6. The number of rotatable bonds is 6. The monoisotopic (exact) mass is 450 g/mol. The lowest BCUT2D eigenvalue weighted by Crippen LogP contribution is -2.63. The number of hydrogen-bond donors (Lipinski definition) is 2. The van der Waals surface area contributed by atoms with Crippen LogP contribution in [0.2, 0.25) is 0 Å². The maximum atomic E-state index is 12.3. The van der Waals surface area contributed by atoms with E-state index >= 15 is 0 Å². The molecule has 0 unspecified atom stereocenters. The molecule has 0 spiro atoms. The van der Waals surface area contributed by atoms with Crippen LogP contribution in [0.4, 0.5) is 9.59 Å². The minimum Gasteiger partial charge on any atom is -0.445 e. The first-order valence-electron chi connectivity index (χ1n) is 12.8. The average Bonchev–Trinajstić information content (AvgIpc) is 2.77. The summed E-state index contributed by atoms with van der Waals surface area (Å²) in [5.41, 5.74) is 4.28. The van der Waals surface area contributed by atoms with E-state index in [2.05, 4.69) is 11.0 Å². The van der Waals surface area contributed by atoms with Crippen LogP contribution in [0.25, 0.3) is 0 Å². The number of carbonyl (C=O) groups excluding carboxylic acids is 2. The summed E-state index contributed by atoms with van der Waals surface area (Å²) in [6, 6.07) is 0. The normalized spacial score (nSPS) is 37.1. The molecule has 0 heterocycles. The molecule has 0 aliphatic heterocycles. The molecule has 6 aliphatic carbocycles. The SMILES string of the molecule is O=C(NOC12CC3CC(C1)CC(ONC(=O)OC1CCCCC1)(C3)C2)OC1CCCCC1. The Hall–Kier alpha value is -1.54. The predicted molar refractivity (Wildman–Crippen MR) is 115 cm³/mol. The first kappa shape index (κ1) is 22.3. The van der Waals surface area contributed by atoms with Gasteiger partial charge in [0.15, 0.2) is 0 Å². The highest BCUT2D eigenvalue weighted by molar-refractivity contribution is 5.66. The molecule has 2 N–H and O–H groups in total. The molecule has 8 nitrogen and oxygen atoms in total. The molecular weight excluding hydrogens is 412 g/mol. The highest BCUT2D eigenvalue weighted by Crippen LogP contribution is 2.59. The standard InChI is InChI=1S/C24H38N2O6/c27-21(29-19-7-3-1-4-8-19)25-31-23-12-17-11-18(13-23)15-24(14-17,16-23)32-26-22(28)30-20-9-5-2-6-10-20/h17-20H,1-16H2,(H,25,27)(H,26,28). The molecule has 0 aromatic carbocycles. The van der Waals surface area contributed by atoms with Gasteiger partial charge in [-0.1, -0.05) is 12.8 Å². The molecule has 8 heteroatoms. The van der Waals surface area contributed by atoms with Crippen LogP contribution in [0.1, 0.15) is 103 Å². The summed E-state index contributed by atoms with van der Waals surface area (Å²) < 4.78 is 11.1. The molecule has 6 rings (SSSR count). The van der Waals surface area contributed by atoms with Crippen molar-refractivity contribution in [2.45, 2.75) is 126 Å². The van der Waals surface area contributed by atoms with Crippen LogP contribution in [0.15, 0.2) is 0 Å². The van der Waals surface area contributed by atoms with E-state index in [1.165, 1.54) is 12.8 Å². The van der Waals surface area contributed by atoms with Crippen molar-refractivity contribution in [1.82, 2.24) is 11.0 Å². The van der Waals surface area contributed by atoms with Crippen molar-refractivity contribution >= 4 is 12.2 Å². The third kappa shape index (κ3) is 5.16. The summed E-state index contributed by atoms with van der Waals surface area (Å²) in [5.74, 6) is 0.951. The van der Waals surface area contributed by atoms with Crippen LogP contribution in [-0.4, -0.2) is 35.6 Å². The summed E-state index contributed by atoms with van der Waals surface area (Å²) in [5, 5.41) is 0. The molecular formula is C24H38N2O6. The average molecular weight is 451 g/mol. The van der Waals surface area contributed by atoms with Gasteiger partial charge < -0.3 is 9.47 Å². The molecule has 6 aliphatic rings. The van der Waals surface area contributed by atoms with Crippen LogP contribution in [0, 0.1) is 11.8 Å². The summed E-state index contributed by atoms with van der Waals surface area (Å²) >= 11 is 0. The number of ether oxygens (including phenoxy) is 2. The third-order valence-electron chi connectivity index (χ3n) is 8.31. The first-order chi connectivity index (χ1) is 15.5. The van der Waals surface area contributed by atoms with Crippen molar-refractivity contribution in [3.8, 4) is 0 Å². The van der Waals surface area contributed by atoms with Gasteiger partial charge in [0.05, 0.1) is 11.2 Å². The molecule has 0 aromatic rings. The summed E-state index contributed by atoms with van der Waals surface area (Å²) in [6.45, 7) is 0. The fourth-order valence-electron chi connectivity index (χ4n) is 7.35. The van der Waals surface area contributed by atoms with Crippen LogP contribution < -0.4 is 11.0 Å². The molecule has 6 saturated carbocycles. The van der Waals surface area contributed by atoms with Crippen molar-refractivity contribution < 1.29 is 28.7 Å². The second kappa shape index (κ2) is 9.37. The molecule has 4 bridgehead atoms. The highest BCUT2D eigenvalue weighted by Gasteiger charge is 2.60. The fraction of sp³-hybridized carbons (Fsp3) is 0.917. The van der Waals surface area contributed by atoms with Crippen molar-refractivity contribution in [1.29, 1.82) is 0 Å². The van der Waals surface area contributed by atoms with Crippen molar-refractivity contribution in [3.63, 3.8) is 0 Å². The molecule has 0 aromatic heterocycles. The maximum Gasteiger partial charge on any atom is 0.431 e. The van der Waals surface area contributed by atoms with Crippen LogP contribution in [0.5, 0.6) is 0 Å². The van der Waals surface area contributed by atoms with Crippen LogP contribution >= 0.6 is 0 Å². The van der Waals surface area contributed by atoms with E-state index < -0.39 is 23.4 Å². The number of nitrogens with one attached hydrogen (secondary N) is 2. The van der Waals surface area contributed by atoms with E-state index in [9.17, 15) is 9.59 Å². The van der Waals surface area contributed by atoms with Crippen molar-refractivity contribution in [3.05, 3.63) is 0 Å². The Labute approximate surface area is 190 Å². The van der Waals surface area contributed by atoms with Crippen LogP contribution in [-0.2, 0) is 19.1 Å². The molecule has 0 atom stereocenters. The number of amides is 2. The van der Waals surface area contributed by atoms with Gasteiger partial charge in [-0.05, 0) is 95.3 Å². The van der Waals surface area contributed by atoms with E-state index in [4.69, 9.17) is 19.1 Å². The minimum absolute atomic E-state index is 0.00207. The Morgan fingerprint density at radius 3 is 1.44 bits per heavy atom. The fourth-order valence-corrected chi connectivity index (χ4v) is 7.35. The van der Waals surface area contributed by atoms with Crippen molar-refractivity contribution in [2.24, 2.45) is 11.8 Å². The van der Waals surface area contributed by atoms with Gasteiger partial charge in [-0.2, -0.15) is 11.0 Å². The Balaban J connectivity index is 1.13. The molecule has 0 radical (unpaired) electrons. The number of carbonyl (C=O) groups is 2. The van der Waals surface area contributed by atoms with Gasteiger partial charge in [-0.3, -0.25) is 9.68 Å². The van der Waals surface area contributed by atoms with Gasteiger partial charge in [-0.15, -0.1) is 0 Å². The van der Waals surface area contributed by atoms with Crippen LogP contribution in [0.3, 0.4) is 0 Å². The van der Waals surface area contributed by atoms with E-state index in [-0.39, 0.29) is 12.2 Å². The van der Waals surface area contributed by atoms with E-state index in [0.717, 1.165) is 83.5 Å². The predicted octanol–water partition coefficient (Wildman–Crippen LogP) is 5.06. The topological polar surface area (TPSA) is 95.1 Å². The number of hydroxylamine groups is 2. The van der Waals surface area contributed by atoms with E-state index in [1.807, 2.05) is 0 Å². The first-order valence-corrected chi connectivity index (χ1v) is 12.8. The Morgan fingerprint density at radius 2 is 1.03 bits per heavy atom. The zero-order valence-corrected chi connectivity index (χ0v) is 19.1. The lowest BCUT2D eigenvalue weighted by molar-refractivity contribution is -0.263. The van der Waals surface area contributed by atoms with E-state index in [0.29, 0.717) is 18.3 Å². The maximum absolute atomic E-state index is 12.3. The van der Waals surface area contributed by atoms with Crippen molar-refractivity contribution in [2.75, 3.05) is 0 Å². The van der Waals surface area contributed by atoms with Gasteiger partial charge in [-0.25, -0.2) is 9.59 Å². The largest absolute Gasteiger partial charge is 0.445 e. The summed E-state index contributed by atoms with van der Waals surface area (Å²) in [7, 11) is 0. The smallest absolute Gasteiger partial charge is 0.431 e. The summed E-state index contributed by atoms with van der Waals surface area (Å²) in [4.78, 5) is 36.8.